The highest BCUT2D eigenvalue weighted by molar-refractivity contribution is 7.79. The smallest absolute Gasteiger partial charge is 0.175 e. The second kappa shape index (κ2) is 6.28. The van der Waals surface area contributed by atoms with E-state index in [-0.39, 0.29) is 0 Å². The van der Waals surface area contributed by atoms with Gasteiger partial charge >= 0.3 is 0 Å². The maximum absolute atomic E-state index is 11.4. The molecule has 1 saturated carbocycles. The van der Waals surface area contributed by atoms with Crippen LogP contribution in [0.25, 0.3) is 0 Å². The van der Waals surface area contributed by atoms with E-state index in [4.69, 9.17) is 0 Å². The largest absolute Gasteiger partial charge is 0.305 e. The normalized spacial score (nSPS) is 21.0. The van der Waals surface area contributed by atoms with Crippen molar-refractivity contribution < 1.29 is 8.76 Å². The van der Waals surface area contributed by atoms with Gasteiger partial charge in [-0.05, 0) is 18.4 Å². The number of hydrogen-bond acceptors (Lipinski definition) is 2. The molecule has 1 fully saturated rings. The molecule has 1 aromatic rings. The molecule has 3 nitrogen and oxygen atoms in total. The summed E-state index contributed by atoms with van der Waals surface area (Å²) < 4.78 is 20.8. The van der Waals surface area contributed by atoms with Gasteiger partial charge < -0.3 is 4.55 Å². The minimum atomic E-state index is -1.87. The first-order valence-corrected chi connectivity index (χ1v) is 7.35. The Morgan fingerprint density at radius 2 is 1.82 bits per heavy atom. The standard InChI is InChI=1S/C13H19NO2S/c15-17(16)13(11-7-3-1-4-8-11)14-12-9-5-2-6-10-12/h1,3-4,7-8,12-14H,2,5-6,9-10H2,(H,15,16). The average molecular weight is 253 g/mol. The first-order valence-electron chi connectivity index (χ1n) is 6.18. The van der Waals surface area contributed by atoms with Crippen LogP contribution in [0.2, 0.25) is 0 Å². The van der Waals surface area contributed by atoms with Crippen LogP contribution in [0.4, 0.5) is 0 Å². The fourth-order valence-corrected chi connectivity index (χ4v) is 3.08. The van der Waals surface area contributed by atoms with E-state index in [1.54, 1.807) is 0 Å². The Morgan fingerprint density at radius 1 is 1.18 bits per heavy atom. The predicted molar refractivity (Wildman–Crippen MR) is 70.0 cm³/mol. The van der Waals surface area contributed by atoms with Crippen molar-refractivity contribution in [2.45, 2.75) is 43.5 Å². The molecule has 0 saturated heterocycles. The summed E-state index contributed by atoms with van der Waals surface area (Å²) in [5.41, 5.74) is 0.888. The Labute approximate surface area is 105 Å². The van der Waals surface area contributed by atoms with Gasteiger partial charge in [-0.2, -0.15) is 0 Å². The van der Waals surface area contributed by atoms with Crippen molar-refractivity contribution in [1.29, 1.82) is 0 Å². The van der Waals surface area contributed by atoms with Gasteiger partial charge in [0.2, 0.25) is 0 Å². The topological polar surface area (TPSA) is 49.3 Å². The van der Waals surface area contributed by atoms with Crippen LogP contribution in [0.15, 0.2) is 30.3 Å². The lowest BCUT2D eigenvalue weighted by molar-refractivity contribution is 0.362. The summed E-state index contributed by atoms with van der Waals surface area (Å²) in [6.45, 7) is 0. The van der Waals surface area contributed by atoms with Crippen LogP contribution in [0.5, 0.6) is 0 Å². The van der Waals surface area contributed by atoms with E-state index in [0.717, 1.165) is 18.4 Å². The van der Waals surface area contributed by atoms with Gasteiger partial charge in [0.15, 0.2) is 11.1 Å². The van der Waals surface area contributed by atoms with Gasteiger partial charge in [0.25, 0.3) is 0 Å². The van der Waals surface area contributed by atoms with Crippen molar-refractivity contribution in [3.8, 4) is 0 Å². The molecular formula is C13H19NO2S. The molecule has 0 bridgehead atoms. The van der Waals surface area contributed by atoms with E-state index in [1.807, 2.05) is 30.3 Å². The van der Waals surface area contributed by atoms with Crippen LogP contribution in [0, 0.1) is 0 Å². The van der Waals surface area contributed by atoms with E-state index in [1.165, 1.54) is 19.3 Å². The zero-order valence-corrected chi connectivity index (χ0v) is 10.7. The van der Waals surface area contributed by atoms with Gasteiger partial charge in [0.05, 0.1) is 0 Å². The van der Waals surface area contributed by atoms with Crippen molar-refractivity contribution in [3.05, 3.63) is 35.9 Å². The van der Waals surface area contributed by atoms with Crippen LogP contribution < -0.4 is 5.32 Å². The third kappa shape index (κ3) is 3.63. The molecule has 1 aliphatic carbocycles. The molecule has 0 heterocycles. The van der Waals surface area contributed by atoms with Gasteiger partial charge in [-0.15, -0.1) is 0 Å². The summed E-state index contributed by atoms with van der Waals surface area (Å²) in [6.07, 6.45) is 5.95. The van der Waals surface area contributed by atoms with Crippen LogP contribution in [0.3, 0.4) is 0 Å². The van der Waals surface area contributed by atoms with Crippen LogP contribution in [-0.2, 0) is 11.1 Å². The van der Waals surface area contributed by atoms with Crippen LogP contribution >= 0.6 is 0 Å². The maximum atomic E-state index is 11.4. The van der Waals surface area contributed by atoms with Crippen molar-refractivity contribution in [1.82, 2.24) is 5.32 Å². The molecule has 0 amide bonds. The predicted octanol–water partition coefficient (Wildman–Crippen LogP) is 2.83. The first-order chi connectivity index (χ1) is 8.27. The highest BCUT2D eigenvalue weighted by atomic mass is 32.2. The SMILES string of the molecule is O=S(O)C(NC1CCCCC1)c1ccccc1. The third-order valence-corrected chi connectivity index (χ3v) is 4.11. The Hall–Kier alpha value is -0.710. The molecule has 0 spiro atoms. The number of rotatable bonds is 4. The van der Waals surface area contributed by atoms with Crippen molar-refractivity contribution in [3.63, 3.8) is 0 Å². The lowest BCUT2D eigenvalue weighted by Gasteiger charge is -2.27. The second-order valence-corrected chi connectivity index (χ2v) is 5.59. The van der Waals surface area contributed by atoms with Gasteiger partial charge in [0, 0.05) is 6.04 Å². The van der Waals surface area contributed by atoms with Crippen molar-refractivity contribution >= 4 is 11.1 Å². The molecule has 2 N–H and O–H groups in total. The summed E-state index contributed by atoms with van der Waals surface area (Å²) in [4.78, 5) is 0. The fraction of sp³-hybridized carbons (Fsp3) is 0.538. The quantitative estimate of drug-likeness (QED) is 0.811. The monoisotopic (exact) mass is 253 g/mol. The molecule has 2 atom stereocenters. The average Bonchev–Trinajstić information content (AvgIpc) is 2.38. The lowest BCUT2D eigenvalue weighted by atomic mass is 9.95. The van der Waals surface area contributed by atoms with E-state index in [9.17, 15) is 8.76 Å². The molecule has 1 aromatic carbocycles. The molecule has 2 rings (SSSR count). The molecule has 17 heavy (non-hydrogen) atoms. The minimum absolute atomic E-state index is 0.380. The highest BCUT2D eigenvalue weighted by Crippen LogP contribution is 2.22. The van der Waals surface area contributed by atoms with E-state index >= 15 is 0 Å². The Morgan fingerprint density at radius 3 is 2.41 bits per heavy atom. The molecule has 1 aliphatic rings. The molecular weight excluding hydrogens is 234 g/mol. The molecule has 0 aliphatic heterocycles. The lowest BCUT2D eigenvalue weighted by Crippen LogP contribution is -2.36. The van der Waals surface area contributed by atoms with Gasteiger partial charge in [-0.25, -0.2) is 4.21 Å². The number of hydrogen-bond donors (Lipinski definition) is 2. The summed E-state index contributed by atoms with van der Waals surface area (Å²) in [7, 11) is 0. The molecule has 0 aromatic heterocycles. The second-order valence-electron chi connectivity index (χ2n) is 4.57. The molecule has 4 heteroatoms. The van der Waals surface area contributed by atoms with Gasteiger partial charge in [-0.1, -0.05) is 49.6 Å². The van der Waals surface area contributed by atoms with Gasteiger partial charge in [-0.3, -0.25) is 5.32 Å². The molecule has 94 valence electrons. The fourth-order valence-electron chi connectivity index (χ4n) is 2.38. The van der Waals surface area contributed by atoms with Crippen LogP contribution in [0.1, 0.15) is 43.0 Å². The summed E-state index contributed by atoms with van der Waals surface area (Å²) in [6, 6.07) is 9.89. The van der Waals surface area contributed by atoms with Gasteiger partial charge in [0.1, 0.15) is 5.37 Å². The van der Waals surface area contributed by atoms with E-state index in [2.05, 4.69) is 5.32 Å². The number of benzene rings is 1. The summed E-state index contributed by atoms with van der Waals surface area (Å²) in [5, 5.41) is 2.86. The van der Waals surface area contributed by atoms with E-state index in [0.29, 0.717) is 6.04 Å². The maximum Gasteiger partial charge on any atom is 0.175 e. The van der Waals surface area contributed by atoms with Crippen molar-refractivity contribution in [2.24, 2.45) is 0 Å². The molecule has 0 radical (unpaired) electrons. The Balaban J connectivity index is 2.05. The van der Waals surface area contributed by atoms with Crippen molar-refractivity contribution in [2.75, 3.05) is 0 Å². The summed E-state index contributed by atoms with van der Waals surface area (Å²) in [5.74, 6) is 0. The zero-order chi connectivity index (χ0) is 12.1. The summed E-state index contributed by atoms with van der Waals surface area (Å²) >= 11 is -1.87. The third-order valence-electron chi connectivity index (χ3n) is 3.30. The zero-order valence-electron chi connectivity index (χ0n) is 9.84. The minimum Gasteiger partial charge on any atom is -0.305 e. The molecule has 2 unspecified atom stereocenters. The van der Waals surface area contributed by atoms with Crippen LogP contribution in [-0.4, -0.2) is 14.8 Å². The first kappa shape index (κ1) is 12.7. The van der Waals surface area contributed by atoms with E-state index < -0.39 is 16.5 Å². The number of nitrogens with one attached hydrogen (secondary N) is 1. The highest BCUT2D eigenvalue weighted by Gasteiger charge is 2.22. The Kier molecular flexibility index (Phi) is 4.71. The Bertz CT molecular complexity index is 363.